The van der Waals surface area contributed by atoms with Gasteiger partial charge in [-0.05, 0) is 76.8 Å². The molecule has 1 fully saturated rings. The molecule has 3 rings (SSSR count). The summed E-state index contributed by atoms with van der Waals surface area (Å²) in [5.74, 6) is -0.163. The van der Waals surface area contributed by atoms with Crippen molar-refractivity contribution < 1.29 is 13.2 Å². The van der Waals surface area contributed by atoms with E-state index in [4.69, 9.17) is 0 Å². The number of hydrogen-bond donors (Lipinski definition) is 1. The molecule has 6 nitrogen and oxygen atoms in total. The molecule has 1 aliphatic rings. The molecule has 0 saturated carbocycles. The van der Waals surface area contributed by atoms with Gasteiger partial charge in [0.1, 0.15) is 0 Å². The molecule has 0 spiro atoms. The zero-order valence-corrected chi connectivity index (χ0v) is 22.2. The Hall–Kier alpha value is -2.22. The van der Waals surface area contributed by atoms with E-state index in [1.54, 1.807) is 4.31 Å². The SMILES string of the molecule is Cc1cc(C)c(S(=O)(=O)N2CCC(C(=O)NCc3ccccc3CN(C)C(C)C)CC2)c(C)c1. The van der Waals surface area contributed by atoms with E-state index in [1.807, 2.05) is 45.0 Å². The van der Waals surface area contributed by atoms with E-state index in [-0.39, 0.29) is 11.8 Å². The number of carbonyl (C=O) groups is 1. The van der Waals surface area contributed by atoms with Gasteiger partial charge in [-0.3, -0.25) is 9.69 Å². The van der Waals surface area contributed by atoms with Gasteiger partial charge in [0.15, 0.2) is 0 Å². The molecule has 0 atom stereocenters. The third-order valence-corrected chi connectivity index (χ3v) is 9.10. The zero-order chi connectivity index (χ0) is 25.0. The molecule has 0 aliphatic carbocycles. The second-order valence-electron chi connectivity index (χ2n) is 9.90. The highest BCUT2D eigenvalue weighted by Crippen LogP contribution is 2.29. The minimum absolute atomic E-state index is 0.00626. The normalized spacial score (nSPS) is 15.8. The standard InChI is InChI=1S/C27H39N3O3S/c1-19(2)29(6)18-25-10-8-7-9-24(25)17-28-27(31)23-11-13-30(14-12-23)34(32,33)26-21(4)15-20(3)16-22(26)5/h7-10,15-16,19,23H,11-14,17-18H2,1-6H3,(H,28,31). The number of carbonyl (C=O) groups excluding carboxylic acids is 1. The van der Waals surface area contributed by atoms with Gasteiger partial charge in [0.05, 0.1) is 4.90 Å². The number of rotatable bonds is 8. The maximum absolute atomic E-state index is 13.3. The Bertz CT molecular complexity index is 1100. The van der Waals surface area contributed by atoms with Crippen molar-refractivity contribution in [2.24, 2.45) is 5.92 Å². The minimum Gasteiger partial charge on any atom is -0.352 e. The van der Waals surface area contributed by atoms with Crippen molar-refractivity contribution in [2.75, 3.05) is 20.1 Å². The van der Waals surface area contributed by atoms with Gasteiger partial charge in [0.25, 0.3) is 0 Å². The Morgan fingerprint density at radius 1 is 1.06 bits per heavy atom. The largest absolute Gasteiger partial charge is 0.352 e. The molecule has 186 valence electrons. The van der Waals surface area contributed by atoms with E-state index in [0.29, 0.717) is 43.4 Å². The van der Waals surface area contributed by atoms with Crippen molar-refractivity contribution in [1.82, 2.24) is 14.5 Å². The van der Waals surface area contributed by atoms with Gasteiger partial charge in [-0.1, -0.05) is 42.0 Å². The highest BCUT2D eigenvalue weighted by molar-refractivity contribution is 7.89. The minimum atomic E-state index is -3.57. The number of nitrogens with zero attached hydrogens (tertiary/aromatic N) is 2. The fraction of sp³-hybridized carbons (Fsp3) is 0.519. The van der Waals surface area contributed by atoms with Crippen LogP contribution in [0.1, 0.15) is 54.5 Å². The highest BCUT2D eigenvalue weighted by Gasteiger charge is 2.33. The van der Waals surface area contributed by atoms with E-state index in [2.05, 4.69) is 43.2 Å². The molecule has 34 heavy (non-hydrogen) atoms. The second kappa shape index (κ2) is 11.0. The Labute approximate surface area is 205 Å². The molecule has 0 unspecified atom stereocenters. The van der Waals surface area contributed by atoms with Crippen molar-refractivity contribution in [1.29, 1.82) is 0 Å². The topological polar surface area (TPSA) is 69.7 Å². The average molecular weight is 486 g/mol. The second-order valence-corrected chi connectivity index (χ2v) is 11.8. The molecule has 2 aromatic rings. The predicted octanol–water partition coefficient (Wildman–Crippen LogP) is 4.17. The molecular weight excluding hydrogens is 446 g/mol. The highest BCUT2D eigenvalue weighted by atomic mass is 32.2. The van der Waals surface area contributed by atoms with Crippen LogP contribution in [0.4, 0.5) is 0 Å². The first-order chi connectivity index (χ1) is 16.0. The number of amides is 1. The van der Waals surface area contributed by atoms with Crippen LogP contribution in [-0.4, -0.2) is 49.7 Å². The number of sulfonamides is 1. The van der Waals surface area contributed by atoms with Crippen LogP contribution in [0, 0.1) is 26.7 Å². The number of benzene rings is 2. The van der Waals surface area contributed by atoms with Gasteiger partial charge in [-0.15, -0.1) is 0 Å². The molecular formula is C27H39N3O3S. The van der Waals surface area contributed by atoms with Crippen LogP contribution in [0.25, 0.3) is 0 Å². The van der Waals surface area contributed by atoms with Gasteiger partial charge in [0.2, 0.25) is 15.9 Å². The monoisotopic (exact) mass is 485 g/mol. The Morgan fingerprint density at radius 3 is 2.18 bits per heavy atom. The van der Waals surface area contributed by atoms with E-state index in [0.717, 1.165) is 28.8 Å². The molecule has 0 aromatic heterocycles. The van der Waals surface area contributed by atoms with Crippen molar-refractivity contribution >= 4 is 15.9 Å². The first-order valence-electron chi connectivity index (χ1n) is 12.1. The molecule has 7 heteroatoms. The lowest BCUT2D eigenvalue weighted by Gasteiger charge is -2.31. The maximum Gasteiger partial charge on any atom is 0.243 e. The first kappa shape index (κ1) is 26.4. The van der Waals surface area contributed by atoms with E-state index >= 15 is 0 Å². The smallest absolute Gasteiger partial charge is 0.243 e. The summed E-state index contributed by atoms with van der Waals surface area (Å²) in [6.07, 6.45) is 1.07. The predicted molar refractivity (Wildman–Crippen MR) is 137 cm³/mol. The van der Waals surface area contributed by atoms with Crippen LogP contribution in [0.3, 0.4) is 0 Å². The Morgan fingerprint density at radius 2 is 1.62 bits per heavy atom. The quantitative estimate of drug-likeness (QED) is 0.609. The summed E-state index contributed by atoms with van der Waals surface area (Å²) in [7, 11) is -1.47. The van der Waals surface area contributed by atoms with Gasteiger partial charge >= 0.3 is 0 Å². The van der Waals surface area contributed by atoms with Crippen LogP contribution in [0.15, 0.2) is 41.3 Å². The van der Waals surface area contributed by atoms with E-state index in [1.165, 1.54) is 5.56 Å². The van der Waals surface area contributed by atoms with Crippen molar-refractivity contribution in [2.45, 2.75) is 71.5 Å². The fourth-order valence-corrected chi connectivity index (χ4v) is 6.60. The first-order valence-corrected chi connectivity index (χ1v) is 13.6. The van der Waals surface area contributed by atoms with Gasteiger partial charge in [-0.25, -0.2) is 8.42 Å². The maximum atomic E-state index is 13.3. The lowest BCUT2D eigenvalue weighted by Crippen LogP contribution is -2.43. The van der Waals surface area contributed by atoms with Crippen molar-refractivity contribution in [3.05, 3.63) is 64.2 Å². The summed E-state index contributed by atoms with van der Waals surface area (Å²) in [5.41, 5.74) is 4.94. The van der Waals surface area contributed by atoms with Crippen molar-refractivity contribution in [3.63, 3.8) is 0 Å². The van der Waals surface area contributed by atoms with Gasteiger partial charge in [0, 0.05) is 38.1 Å². The molecule has 1 amide bonds. The molecule has 1 aliphatic heterocycles. The summed E-state index contributed by atoms with van der Waals surface area (Å²) < 4.78 is 28.2. The van der Waals surface area contributed by atoms with Crippen LogP contribution in [-0.2, 0) is 27.9 Å². The lowest BCUT2D eigenvalue weighted by atomic mass is 9.97. The number of nitrogens with one attached hydrogen (secondary N) is 1. The number of piperidine rings is 1. The number of aryl methyl sites for hydroxylation is 3. The Balaban J connectivity index is 1.60. The summed E-state index contributed by atoms with van der Waals surface area (Å²) >= 11 is 0. The van der Waals surface area contributed by atoms with E-state index < -0.39 is 10.0 Å². The van der Waals surface area contributed by atoms with E-state index in [9.17, 15) is 13.2 Å². The van der Waals surface area contributed by atoms with Gasteiger partial charge in [-0.2, -0.15) is 4.31 Å². The van der Waals surface area contributed by atoms with Crippen molar-refractivity contribution in [3.8, 4) is 0 Å². The fourth-order valence-electron chi connectivity index (χ4n) is 4.72. The lowest BCUT2D eigenvalue weighted by molar-refractivity contribution is -0.126. The molecule has 1 heterocycles. The molecule has 1 N–H and O–H groups in total. The van der Waals surface area contributed by atoms with Crippen LogP contribution >= 0.6 is 0 Å². The average Bonchev–Trinajstić information content (AvgIpc) is 2.77. The third-order valence-electron chi connectivity index (χ3n) is 6.90. The Kier molecular flexibility index (Phi) is 8.55. The molecule has 2 aromatic carbocycles. The summed E-state index contributed by atoms with van der Waals surface area (Å²) in [6, 6.07) is 12.5. The molecule has 0 bridgehead atoms. The zero-order valence-electron chi connectivity index (χ0n) is 21.4. The molecule has 1 saturated heterocycles. The van der Waals surface area contributed by atoms with Crippen LogP contribution in [0.2, 0.25) is 0 Å². The van der Waals surface area contributed by atoms with Crippen LogP contribution in [0.5, 0.6) is 0 Å². The molecule has 0 radical (unpaired) electrons. The van der Waals surface area contributed by atoms with Crippen LogP contribution < -0.4 is 5.32 Å². The summed E-state index contributed by atoms with van der Waals surface area (Å²) in [5, 5.41) is 3.10. The number of hydrogen-bond acceptors (Lipinski definition) is 4. The summed E-state index contributed by atoms with van der Waals surface area (Å²) in [6.45, 7) is 12.1. The third kappa shape index (κ3) is 6.06. The van der Waals surface area contributed by atoms with Gasteiger partial charge < -0.3 is 5.32 Å². The summed E-state index contributed by atoms with van der Waals surface area (Å²) in [4.78, 5) is 15.6.